The summed E-state index contributed by atoms with van der Waals surface area (Å²) >= 11 is 1.02. The number of carbonyl (C=O) groups is 2. The van der Waals surface area contributed by atoms with E-state index in [1.54, 1.807) is 12.1 Å². The number of aryl methyl sites for hydroxylation is 1. The Morgan fingerprint density at radius 3 is 2.60 bits per heavy atom. The second-order valence-corrected chi connectivity index (χ2v) is 7.15. The van der Waals surface area contributed by atoms with Gasteiger partial charge < -0.3 is 9.84 Å². The van der Waals surface area contributed by atoms with E-state index in [0.717, 1.165) is 28.5 Å². The van der Waals surface area contributed by atoms with Crippen molar-refractivity contribution < 1.29 is 19.4 Å². The van der Waals surface area contributed by atoms with Gasteiger partial charge in [-0.1, -0.05) is 53.7 Å². The van der Waals surface area contributed by atoms with Gasteiger partial charge in [-0.2, -0.15) is 0 Å². The molecule has 1 fully saturated rings. The van der Waals surface area contributed by atoms with Crippen LogP contribution in [0.1, 0.15) is 22.8 Å². The van der Waals surface area contributed by atoms with Gasteiger partial charge in [0.2, 0.25) is 5.91 Å². The lowest BCUT2D eigenvalue weighted by Gasteiger charge is -2.14. The molecule has 5 nitrogen and oxygen atoms in total. The van der Waals surface area contributed by atoms with Crippen molar-refractivity contribution in [2.45, 2.75) is 24.7 Å². The zero-order chi connectivity index (χ0) is 17.8. The summed E-state index contributed by atoms with van der Waals surface area (Å²) in [6, 6.07) is 15.0. The van der Waals surface area contributed by atoms with Crippen LogP contribution in [0.5, 0.6) is 5.75 Å². The summed E-state index contributed by atoms with van der Waals surface area (Å²) in [5.41, 5.74) is 2.87. The van der Waals surface area contributed by atoms with Gasteiger partial charge in [0.05, 0.1) is 5.25 Å². The molecule has 0 aliphatic carbocycles. The Morgan fingerprint density at radius 2 is 1.96 bits per heavy atom. The van der Waals surface area contributed by atoms with E-state index >= 15 is 0 Å². The molecule has 1 heterocycles. The van der Waals surface area contributed by atoms with Crippen LogP contribution in [0.4, 0.5) is 4.79 Å². The van der Waals surface area contributed by atoms with Crippen LogP contribution in [-0.2, 0) is 11.2 Å². The summed E-state index contributed by atoms with van der Waals surface area (Å²) in [6.45, 7) is 2.14. The van der Waals surface area contributed by atoms with Crippen LogP contribution in [0, 0.1) is 6.92 Å². The quantitative estimate of drug-likeness (QED) is 0.831. The normalized spacial score (nSPS) is 18.1. The highest BCUT2D eigenvalue weighted by atomic mass is 32.2. The van der Waals surface area contributed by atoms with Crippen LogP contribution >= 0.6 is 11.8 Å². The third kappa shape index (κ3) is 4.61. The predicted molar refractivity (Wildman–Crippen MR) is 96.7 cm³/mol. The van der Waals surface area contributed by atoms with Crippen LogP contribution < -0.4 is 10.1 Å². The fraction of sp³-hybridized carbons (Fsp3) is 0.263. The summed E-state index contributed by atoms with van der Waals surface area (Å²) in [4.78, 5) is 22.8. The Balaban J connectivity index is 1.54. The number of aliphatic hydroxyl groups excluding tert-OH is 1. The van der Waals surface area contributed by atoms with Crippen LogP contribution in [0.15, 0.2) is 48.5 Å². The minimum Gasteiger partial charge on any atom is -0.491 e. The molecule has 1 aliphatic heterocycles. The first-order valence-electron chi connectivity index (χ1n) is 7.99. The van der Waals surface area contributed by atoms with E-state index in [9.17, 15) is 14.7 Å². The summed E-state index contributed by atoms with van der Waals surface area (Å²) in [6.07, 6.45) is -0.196. The largest absolute Gasteiger partial charge is 0.491 e. The van der Waals surface area contributed by atoms with E-state index in [-0.39, 0.29) is 23.0 Å². The fourth-order valence-electron chi connectivity index (χ4n) is 2.61. The molecular weight excluding hydrogens is 338 g/mol. The summed E-state index contributed by atoms with van der Waals surface area (Å²) < 4.78 is 5.64. The third-order valence-electron chi connectivity index (χ3n) is 3.95. The van der Waals surface area contributed by atoms with Crippen LogP contribution in [-0.4, -0.2) is 28.1 Å². The molecule has 3 rings (SSSR count). The molecule has 130 valence electrons. The van der Waals surface area contributed by atoms with E-state index in [4.69, 9.17) is 4.74 Å². The number of carbonyl (C=O) groups excluding carboxylic acids is 2. The Bertz CT molecular complexity index is 775. The lowest BCUT2D eigenvalue weighted by atomic mass is 10.1. The molecule has 0 aromatic heterocycles. The zero-order valence-corrected chi connectivity index (χ0v) is 14.6. The molecule has 1 aliphatic rings. The summed E-state index contributed by atoms with van der Waals surface area (Å²) in [5.74, 6) is 0.409. The maximum Gasteiger partial charge on any atom is 0.286 e. The molecule has 0 bridgehead atoms. The Morgan fingerprint density at radius 1 is 1.20 bits per heavy atom. The molecule has 0 saturated carbocycles. The number of nitrogens with one attached hydrogen (secondary N) is 1. The third-order valence-corrected chi connectivity index (χ3v) is 4.93. The standard InChI is InChI=1S/C19H19NO4S/c1-12-3-2-4-14(9-12)16(21)11-24-15-7-5-13(6-8-15)10-17-18(22)20-19(23)25-17/h2-9,16-17,21H,10-11H2,1H3,(H,20,22,23). The number of hydrogen-bond acceptors (Lipinski definition) is 5. The second-order valence-electron chi connectivity index (χ2n) is 5.97. The van der Waals surface area contributed by atoms with Crippen molar-refractivity contribution in [3.05, 3.63) is 65.2 Å². The summed E-state index contributed by atoms with van der Waals surface area (Å²) in [5, 5.41) is 11.8. The first kappa shape index (κ1) is 17.5. The average molecular weight is 357 g/mol. The molecule has 0 radical (unpaired) electrons. The van der Waals surface area contributed by atoms with Crippen molar-refractivity contribution in [3.8, 4) is 5.75 Å². The maximum absolute atomic E-state index is 11.6. The summed E-state index contributed by atoms with van der Waals surface area (Å²) in [7, 11) is 0. The van der Waals surface area contributed by atoms with Crippen LogP contribution in [0.2, 0.25) is 0 Å². The SMILES string of the molecule is Cc1cccc(C(O)COc2ccc(CC3SC(=O)NC3=O)cc2)c1. The van der Waals surface area contributed by atoms with E-state index in [1.807, 2.05) is 43.3 Å². The molecule has 6 heteroatoms. The van der Waals surface area contributed by atoms with Crippen molar-refractivity contribution in [2.24, 2.45) is 0 Å². The molecule has 0 spiro atoms. The van der Waals surface area contributed by atoms with E-state index in [2.05, 4.69) is 5.32 Å². The topological polar surface area (TPSA) is 75.6 Å². The minimum atomic E-state index is -0.691. The Labute approximate surface area is 150 Å². The van der Waals surface area contributed by atoms with Gasteiger partial charge in [-0.05, 0) is 36.6 Å². The molecule has 2 atom stereocenters. The maximum atomic E-state index is 11.6. The first-order chi connectivity index (χ1) is 12.0. The molecule has 2 N–H and O–H groups in total. The predicted octanol–water partition coefficient (Wildman–Crippen LogP) is 3.00. The molecule has 2 unspecified atom stereocenters. The van der Waals surface area contributed by atoms with E-state index in [0.29, 0.717) is 12.2 Å². The fourth-order valence-corrected chi connectivity index (χ4v) is 3.47. The van der Waals surface area contributed by atoms with Crippen molar-refractivity contribution in [2.75, 3.05) is 6.61 Å². The molecule has 25 heavy (non-hydrogen) atoms. The molecule has 1 saturated heterocycles. The number of ether oxygens (including phenoxy) is 1. The van der Waals surface area contributed by atoms with Gasteiger partial charge in [0.25, 0.3) is 5.24 Å². The number of rotatable bonds is 6. The van der Waals surface area contributed by atoms with Gasteiger partial charge in [-0.15, -0.1) is 0 Å². The number of aliphatic hydroxyl groups is 1. The molecule has 2 aromatic rings. The van der Waals surface area contributed by atoms with E-state index < -0.39 is 6.10 Å². The highest BCUT2D eigenvalue weighted by molar-refractivity contribution is 8.15. The monoisotopic (exact) mass is 357 g/mol. The Hall–Kier alpha value is -2.31. The van der Waals surface area contributed by atoms with E-state index in [1.165, 1.54) is 0 Å². The molecule has 2 amide bonds. The minimum absolute atomic E-state index is 0.165. The molecule has 2 aromatic carbocycles. The van der Waals surface area contributed by atoms with Gasteiger partial charge >= 0.3 is 0 Å². The van der Waals surface area contributed by atoms with Crippen LogP contribution in [0.3, 0.4) is 0 Å². The number of hydrogen-bond donors (Lipinski definition) is 2. The lowest BCUT2D eigenvalue weighted by Crippen LogP contribution is -2.25. The van der Waals surface area contributed by atoms with Crippen molar-refractivity contribution in [3.63, 3.8) is 0 Å². The highest BCUT2D eigenvalue weighted by Crippen LogP contribution is 2.24. The first-order valence-corrected chi connectivity index (χ1v) is 8.87. The van der Waals surface area contributed by atoms with Crippen molar-refractivity contribution in [1.29, 1.82) is 0 Å². The number of benzene rings is 2. The van der Waals surface area contributed by atoms with Gasteiger partial charge in [0.1, 0.15) is 18.5 Å². The second kappa shape index (κ2) is 7.72. The average Bonchev–Trinajstić information content (AvgIpc) is 2.91. The van der Waals surface area contributed by atoms with Gasteiger partial charge in [-0.3, -0.25) is 14.9 Å². The number of imide groups is 1. The van der Waals surface area contributed by atoms with Crippen molar-refractivity contribution >= 4 is 22.9 Å². The zero-order valence-electron chi connectivity index (χ0n) is 13.8. The Kier molecular flexibility index (Phi) is 5.40. The number of thioether (sulfide) groups is 1. The smallest absolute Gasteiger partial charge is 0.286 e. The van der Waals surface area contributed by atoms with Gasteiger partial charge in [0.15, 0.2) is 0 Å². The van der Waals surface area contributed by atoms with Crippen molar-refractivity contribution in [1.82, 2.24) is 5.32 Å². The highest BCUT2D eigenvalue weighted by Gasteiger charge is 2.31. The lowest BCUT2D eigenvalue weighted by molar-refractivity contribution is -0.118. The van der Waals surface area contributed by atoms with Crippen LogP contribution in [0.25, 0.3) is 0 Å². The van der Waals surface area contributed by atoms with Gasteiger partial charge in [0, 0.05) is 0 Å². The molecular formula is C19H19NO4S. The van der Waals surface area contributed by atoms with Gasteiger partial charge in [-0.25, -0.2) is 0 Å². The number of amides is 2.